The van der Waals surface area contributed by atoms with Gasteiger partial charge in [0.05, 0.1) is 29.0 Å². The smallest absolute Gasteiger partial charge is 0.315 e. The van der Waals surface area contributed by atoms with Gasteiger partial charge < -0.3 is 19.6 Å². The number of rotatable bonds is 7. The highest BCUT2D eigenvalue weighted by Crippen LogP contribution is 2.34. The Labute approximate surface area is 188 Å². The number of imidazole rings is 1. The van der Waals surface area contributed by atoms with Gasteiger partial charge in [-0.1, -0.05) is 5.10 Å². The number of nitrogens with zero attached hydrogens (tertiary/aromatic N) is 4. The maximum Gasteiger partial charge on any atom is 0.315 e. The lowest BCUT2D eigenvalue weighted by Gasteiger charge is -2.12. The highest BCUT2D eigenvalue weighted by molar-refractivity contribution is 14.1. The fourth-order valence-corrected chi connectivity index (χ4v) is 3.33. The number of nitrogens with one attached hydrogen (secondary N) is 2. The Bertz CT molecular complexity index is 1230. The average molecular weight is 540 g/mol. The van der Waals surface area contributed by atoms with E-state index in [9.17, 15) is 13.2 Å². The minimum atomic E-state index is -1.18. The molecule has 4 aromatic rings. The summed E-state index contributed by atoms with van der Waals surface area (Å²) in [5.74, 6) is -2.93. The van der Waals surface area contributed by atoms with Crippen LogP contribution in [0.4, 0.5) is 30.6 Å². The molecule has 4 rings (SSSR count). The Hall–Kier alpha value is -3.09. The summed E-state index contributed by atoms with van der Waals surface area (Å²) in [5.41, 5.74) is 0.673. The van der Waals surface area contributed by atoms with Crippen molar-refractivity contribution in [1.29, 1.82) is 0 Å². The predicted molar refractivity (Wildman–Crippen MR) is 117 cm³/mol. The van der Waals surface area contributed by atoms with E-state index >= 15 is 0 Å². The lowest BCUT2D eigenvalue weighted by atomic mass is 10.1. The van der Waals surface area contributed by atoms with Gasteiger partial charge in [0.1, 0.15) is 5.82 Å². The fraction of sp³-hybridized carbons (Fsp3) is 0.150. The van der Waals surface area contributed by atoms with E-state index < -0.39 is 17.5 Å². The summed E-state index contributed by atoms with van der Waals surface area (Å²) >= 11 is 1.95. The lowest BCUT2D eigenvalue weighted by molar-refractivity contribution is 0.511. The Morgan fingerprint density at radius 1 is 1.10 bits per heavy atom. The Kier molecular flexibility index (Phi) is 6.11. The topological polar surface area (TPSA) is 80.8 Å². The van der Waals surface area contributed by atoms with Crippen molar-refractivity contribution >= 4 is 40.0 Å². The number of anilines is 3. The molecule has 31 heavy (non-hydrogen) atoms. The van der Waals surface area contributed by atoms with Crippen LogP contribution in [0.1, 0.15) is 5.69 Å². The van der Waals surface area contributed by atoms with Crippen LogP contribution in [0.2, 0.25) is 0 Å². The first kappa shape index (κ1) is 21.2. The van der Waals surface area contributed by atoms with E-state index in [4.69, 9.17) is 4.42 Å². The summed E-state index contributed by atoms with van der Waals surface area (Å²) in [6.07, 6.45) is 4.22. The third kappa shape index (κ3) is 4.81. The molecule has 0 amide bonds. The van der Waals surface area contributed by atoms with Crippen LogP contribution in [0.15, 0.2) is 47.3 Å². The van der Waals surface area contributed by atoms with E-state index in [1.165, 1.54) is 18.2 Å². The van der Waals surface area contributed by atoms with Crippen molar-refractivity contribution in [2.45, 2.75) is 6.42 Å². The number of hydrogen-bond donors (Lipinski definition) is 2. The van der Waals surface area contributed by atoms with Gasteiger partial charge in [-0.15, -0.1) is 5.10 Å². The lowest BCUT2D eigenvalue weighted by Crippen LogP contribution is -2.05. The molecule has 2 heterocycles. The molecule has 2 aromatic heterocycles. The second-order valence-corrected chi connectivity index (χ2v) is 7.90. The van der Waals surface area contributed by atoms with Crippen LogP contribution in [-0.4, -0.2) is 26.3 Å². The maximum absolute atomic E-state index is 14.6. The average Bonchev–Trinajstić information content (AvgIpc) is 3.36. The van der Waals surface area contributed by atoms with E-state index in [1.54, 1.807) is 12.4 Å². The van der Waals surface area contributed by atoms with Gasteiger partial charge in [-0.25, -0.2) is 18.2 Å². The summed E-state index contributed by atoms with van der Waals surface area (Å²) in [4.78, 5) is 4.22. The fourth-order valence-electron chi connectivity index (χ4n) is 2.87. The highest BCUT2D eigenvalue weighted by Gasteiger charge is 2.20. The van der Waals surface area contributed by atoms with Crippen molar-refractivity contribution in [3.8, 4) is 11.5 Å². The molecule has 0 radical (unpaired) electrons. The third-order valence-corrected chi connectivity index (χ3v) is 5.03. The molecule has 11 heteroatoms. The van der Waals surface area contributed by atoms with Gasteiger partial charge in [-0.3, -0.25) is 0 Å². The largest absolute Gasteiger partial charge is 0.403 e. The molecule has 0 fully saturated rings. The molecule has 0 aliphatic carbocycles. The zero-order valence-corrected chi connectivity index (χ0v) is 18.3. The number of benzene rings is 2. The summed E-state index contributed by atoms with van der Waals surface area (Å²) in [6.45, 7) is 0.482. The molecule has 7 nitrogen and oxygen atoms in total. The zero-order valence-electron chi connectivity index (χ0n) is 16.2. The molecule has 0 unspecified atom stereocenters. The Morgan fingerprint density at radius 3 is 2.68 bits per heavy atom. The first-order valence-corrected chi connectivity index (χ1v) is 10.2. The highest BCUT2D eigenvalue weighted by atomic mass is 127. The quantitative estimate of drug-likeness (QED) is 0.325. The van der Waals surface area contributed by atoms with E-state index in [0.717, 1.165) is 11.8 Å². The van der Waals surface area contributed by atoms with Crippen molar-refractivity contribution in [3.63, 3.8) is 0 Å². The Balaban J connectivity index is 1.56. The van der Waals surface area contributed by atoms with Crippen LogP contribution in [0.25, 0.3) is 11.5 Å². The van der Waals surface area contributed by atoms with Crippen molar-refractivity contribution in [1.82, 2.24) is 19.7 Å². The molecule has 0 atom stereocenters. The molecule has 0 saturated heterocycles. The van der Waals surface area contributed by atoms with Crippen LogP contribution < -0.4 is 10.6 Å². The first-order valence-electron chi connectivity index (χ1n) is 9.15. The molecule has 0 bridgehead atoms. The van der Waals surface area contributed by atoms with Crippen LogP contribution in [0, 0.1) is 21.0 Å². The maximum atomic E-state index is 14.6. The minimum absolute atomic E-state index is 0.0145. The van der Waals surface area contributed by atoms with Crippen molar-refractivity contribution in [3.05, 3.63) is 69.6 Å². The Morgan fingerprint density at radius 2 is 1.94 bits per heavy atom. The summed E-state index contributed by atoms with van der Waals surface area (Å²) in [5, 5.41) is 13.4. The first-order chi connectivity index (χ1) is 14.9. The molecule has 0 aliphatic heterocycles. The van der Waals surface area contributed by atoms with E-state index in [-0.39, 0.29) is 28.8 Å². The molecular weight excluding hydrogens is 524 g/mol. The molecule has 2 N–H and O–H groups in total. The number of hydrogen-bond acceptors (Lipinski definition) is 6. The second kappa shape index (κ2) is 8.96. The van der Waals surface area contributed by atoms with Crippen LogP contribution in [0.5, 0.6) is 0 Å². The van der Waals surface area contributed by atoms with Crippen LogP contribution in [0.3, 0.4) is 0 Å². The van der Waals surface area contributed by atoms with Gasteiger partial charge in [-0.05, 0) is 52.9 Å². The summed E-state index contributed by atoms with van der Waals surface area (Å²) < 4.78 is 50.7. The van der Waals surface area contributed by atoms with Gasteiger partial charge in [0.2, 0.25) is 0 Å². The molecule has 160 valence electrons. The summed E-state index contributed by atoms with van der Waals surface area (Å²) in [6, 6.07) is 6.69. The van der Waals surface area contributed by atoms with Crippen molar-refractivity contribution < 1.29 is 17.6 Å². The van der Waals surface area contributed by atoms with Crippen molar-refractivity contribution in [2.24, 2.45) is 7.05 Å². The predicted octanol–water partition coefficient (Wildman–Crippen LogP) is 4.89. The molecule has 0 spiro atoms. The third-order valence-electron chi connectivity index (χ3n) is 4.36. The monoisotopic (exact) mass is 540 g/mol. The van der Waals surface area contributed by atoms with Gasteiger partial charge in [0.25, 0.3) is 5.89 Å². The normalized spacial score (nSPS) is 11.0. The number of aryl methyl sites for hydroxylation is 1. The van der Waals surface area contributed by atoms with Gasteiger partial charge >= 0.3 is 6.01 Å². The van der Waals surface area contributed by atoms with Gasteiger partial charge in [0, 0.05) is 29.8 Å². The molecule has 0 aliphatic rings. The standard InChI is InChI=1S/C20H16F3IN6O/c1-30-9-12(26-10-30)6-7-25-20-29-28-19(31-20)13-3-4-14(21)17(23)18(13)27-16-5-2-11(24)8-15(16)22/h2-5,8-10,27H,6-7H2,1H3,(H,25,29). The van der Waals surface area contributed by atoms with E-state index in [2.05, 4.69) is 25.8 Å². The SMILES string of the molecule is Cn1cnc(CCNc2nnc(-c3ccc(F)c(F)c3Nc3ccc(I)cc3F)o2)c1. The summed E-state index contributed by atoms with van der Waals surface area (Å²) in [7, 11) is 1.88. The van der Waals surface area contributed by atoms with Crippen LogP contribution >= 0.6 is 22.6 Å². The number of aromatic nitrogens is 4. The van der Waals surface area contributed by atoms with Crippen molar-refractivity contribution in [2.75, 3.05) is 17.2 Å². The van der Waals surface area contributed by atoms with Gasteiger partial charge in [-0.2, -0.15) is 0 Å². The van der Waals surface area contributed by atoms with Crippen LogP contribution in [-0.2, 0) is 13.5 Å². The van der Waals surface area contributed by atoms with E-state index in [1.807, 2.05) is 40.4 Å². The van der Waals surface area contributed by atoms with E-state index in [0.29, 0.717) is 16.5 Å². The molecule has 2 aromatic carbocycles. The minimum Gasteiger partial charge on any atom is -0.403 e. The molecular formula is C20H16F3IN6O. The number of halogens is 4. The molecule has 0 saturated carbocycles. The van der Waals surface area contributed by atoms with Gasteiger partial charge in [0.15, 0.2) is 11.6 Å². The zero-order chi connectivity index (χ0) is 22.0. The second-order valence-electron chi connectivity index (χ2n) is 6.65.